The number of benzene rings is 2. The van der Waals surface area contributed by atoms with Crippen LogP contribution in [0.3, 0.4) is 0 Å². The van der Waals surface area contributed by atoms with Crippen LogP contribution in [0.25, 0.3) is 10.8 Å². The summed E-state index contributed by atoms with van der Waals surface area (Å²) in [5.74, 6) is 3.58. The molecule has 3 heteroatoms. The largest absolute Gasteiger partial charge is 0.353 e. The molecular formula is C15H14BrNS. The first-order chi connectivity index (χ1) is 8.31. The summed E-state index contributed by atoms with van der Waals surface area (Å²) in [7, 11) is 0.0664. The Morgan fingerprint density at radius 1 is 1.22 bits per heavy atom. The molecule has 0 amide bonds. The average Bonchev–Trinajstić information content (AvgIpc) is 2.67. The van der Waals surface area contributed by atoms with Gasteiger partial charge in [0.25, 0.3) is 0 Å². The van der Waals surface area contributed by atoms with E-state index in [1.165, 1.54) is 26.3 Å². The van der Waals surface area contributed by atoms with Crippen molar-refractivity contribution in [1.82, 2.24) is 0 Å². The molecule has 1 unspecified atom stereocenters. The van der Waals surface area contributed by atoms with Crippen molar-refractivity contribution in [3.8, 4) is 12.3 Å². The number of fused-ring (bicyclic) bond motifs is 3. The molecular weight excluding hydrogens is 306 g/mol. The summed E-state index contributed by atoms with van der Waals surface area (Å²) in [6.45, 7) is 2.13. The molecule has 1 atom stereocenters. The van der Waals surface area contributed by atoms with E-state index in [1.54, 1.807) is 0 Å². The summed E-state index contributed by atoms with van der Waals surface area (Å²) >= 11 is 0. The standard InChI is InChI=1S/C15H13NS.BrH/c1-3-10-17-11(2)16-15-13-7-5-4-6-12(13)8-9-14(15)17;/h1,4-9,16H,10H2,2H3;1H. The number of anilines is 1. The van der Waals surface area contributed by atoms with Crippen LogP contribution in [0.15, 0.2) is 41.3 Å². The van der Waals surface area contributed by atoms with Gasteiger partial charge in [0, 0.05) is 15.3 Å². The molecule has 0 radical (unpaired) electrons. The molecule has 0 bridgehead atoms. The Balaban J connectivity index is 0.00000120. The maximum absolute atomic E-state index is 5.46. The molecule has 0 spiro atoms. The molecule has 3 rings (SSSR count). The third-order valence-corrected chi connectivity index (χ3v) is 5.22. The molecule has 92 valence electrons. The van der Waals surface area contributed by atoms with Gasteiger partial charge in [-0.15, -0.1) is 33.9 Å². The van der Waals surface area contributed by atoms with Crippen molar-refractivity contribution >= 4 is 48.9 Å². The molecule has 0 fully saturated rings. The van der Waals surface area contributed by atoms with Crippen LogP contribution in [0.2, 0.25) is 0 Å². The molecule has 1 nitrogen and oxygen atoms in total. The number of hydrogen-bond acceptors (Lipinski definition) is 1. The molecule has 2 aromatic carbocycles. The molecule has 18 heavy (non-hydrogen) atoms. The van der Waals surface area contributed by atoms with Crippen LogP contribution >= 0.6 is 27.5 Å². The summed E-state index contributed by atoms with van der Waals surface area (Å²) in [4.78, 5) is 2.65. The van der Waals surface area contributed by atoms with Gasteiger partial charge in [-0.1, -0.05) is 36.3 Å². The Labute approximate surface area is 120 Å². The summed E-state index contributed by atoms with van der Waals surface area (Å²) < 4.78 is 0. The number of halogens is 1. The lowest BCUT2D eigenvalue weighted by Gasteiger charge is -2.06. The molecule has 0 saturated carbocycles. The Kier molecular flexibility index (Phi) is 3.79. The highest BCUT2D eigenvalue weighted by Crippen LogP contribution is 2.43. The van der Waals surface area contributed by atoms with E-state index >= 15 is 0 Å². The second-order valence-electron chi connectivity index (χ2n) is 4.08. The molecule has 0 saturated heterocycles. The van der Waals surface area contributed by atoms with Crippen molar-refractivity contribution in [3.63, 3.8) is 0 Å². The van der Waals surface area contributed by atoms with E-state index in [0.29, 0.717) is 0 Å². The van der Waals surface area contributed by atoms with Gasteiger partial charge in [0.2, 0.25) is 0 Å². The minimum atomic E-state index is 0. The highest BCUT2D eigenvalue weighted by Gasteiger charge is 2.18. The number of rotatable bonds is 1. The third kappa shape index (κ3) is 1.96. The molecule has 0 aromatic heterocycles. The van der Waals surface area contributed by atoms with E-state index < -0.39 is 0 Å². The smallest absolute Gasteiger partial charge is 0.0599 e. The predicted molar refractivity (Wildman–Crippen MR) is 88.1 cm³/mol. The summed E-state index contributed by atoms with van der Waals surface area (Å²) in [5.41, 5.74) is 1.25. The number of nitrogens with one attached hydrogen (secondary N) is 1. The van der Waals surface area contributed by atoms with Crippen molar-refractivity contribution in [2.24, 2.45) is 0 Å². The van der Waals surface area contributed by atoms with Crippen LogP contribution in [0.5, 0.6) is 0 Å². The zero-order chi connectivity index (χ0) is 11.8. The van der Waals surface area contributed by atoms with Gasteiger partial charge in [0.1, 0.15) is 0 Å². The van der Waals surface area contributed by atoms with E-state index in [9.17, 15) is 0 Å². The lowest BCUT2D eigenvalue weighted by molar-refractivity contribution is 1.50. The second kappa shape index (κ2) is 5.17. The summed E-state index contributed by atoms with van der Waals surface area (Å²) in [5, 5.41) is 6.07. The maximum Gasteiger partial charge on any atom is 0.0599 e. The van der Waals surface area contributed by atoms with Crippen LogP contribution in [-0.2, 0) is 0 Å². The zero-order valence-corrected chi connectivity index (χ0v) is 12.6. The molecule has 1 aliphatic rings. The Morgan fingerprint density at radius 3 is 2.78 bits per heavy atom. The lowest BCUT2D eigenvalue weighted by Crippen LogP contribution is -2.01. The van der Waals surface area contributed by atoms with Crippen molar-refractivity contribution in [1.29, 1.82) is 0 Å². The van der Waals surface area contributed by atoms with E-state index in [-0.39, 0.29) is 27.5 Å². The highest BCUT2D eigenvalue weighted by atomic mass is 79.9. The average molecular weight is 320 g/mol. The van der Waals surface area contributed by atoms with Gasteiger partial charge in [-0.2, -0.15) is 0 Å². The molecule has 1 heterocycles. The van der Waals surface area contributed by atoms with Gasteiger partial charge >= 0.3 is 0 Å². The van der Waals surface area contributed by atoms with E-state index in [4.69, 9.17) is 6.42 Å². The molecule has 1 N–H and O–H groups in total. The van der Waals surface area contributed by atoms with Gasteiger partial charge in [0.15, 0.2) is 0 Å². The first-order valence-corrected chi connectivity index (χ1v) is 6.97. The second-order valence-corrected chi connectivity index (χ2v) is 6.20. The van der Waals surface area contributed by atoms with Gasteiger partial charge in [0.05, 0.1) is 11.4 Å². The number of terminal acetylenes is 1. The summed E-state index contributed by atoms with van der Waals surface area (Å²) in [6.07, 6.45) is 5.46. The topological polar surface area (TPSA) is 12.0 Å². The maximum atomic E-state index is 5.46. The first-order valence-electron chi connectivity index (χ1n) is 5.58. The molecule has 1 aliphatic heterocycles. The van der Waals surface area contributed by atoms with Crippen molar-refractivity contribution in [2.45, 2.75) is 11.8 Å². The first kappa shape index (κ1) is 13.2. The zero-order valence-electron chi connectivity index (χ0n) is 10.1. The SMILES string of the molecule is Br.C#CCS1=C(C)Nc2c1ccc1ccccc21. The minimum absolute atomic E-state index is 0. The van der Waals surface area contributed by atoms with E-state index in [0.717, 1.165) is 5.75 Å². The highest BCUT2D eigenvalue weighted by molar-refractivity contribution is 8.93. The number of hydrogen-bond donors (Lipinski definition) is 1. The van der Waals surface area contributed by atoms with Crippen molar-refractivity contribution < 1.29 is 0 Å². The third-order valence-electron chi connectivity index (χ3n) is 3.05. The Bertz CT molecular complexity index is 682. The van der Waals surface area contributed by atoms with Gasteiger partial charge in [-0.3, -0.25) is 0 Å². The van der Waals surface area contributed by atoms with Crippen LogP contribution in [-0.4, -0.2) is 10.7 Å². The van der Waals surface area contributed by atoms with Crippen molar-refractivity contribution in [2.75, 3.05) is 11.1 Å². The van der Waals surface area contributed by atoms with Crippen LogP contribution in [0.4, 0.5) is 5.69 Å². The fourth-order valence-electron chi connectivity index (χ4n) is 2.26. The van der Waals surface area contributed by atoms with E-state index in [2.05, 4.69) is 54.6 Å². The summed E-state index contributed by atoms with van der Waals surface area (Å²) in [6, 6.07) is 12.9. The Morgan fingerprint density at radius 2 is 2.00 bits per heavy atom. The quantitative estimate of drug-likeness (QED) is 0.612. The normalized spacial score (nSPS) is 16.7. The monoisotopic (exact) mass is 319 g/mol. The fraction of sp³-hybridized carbons (Fsp3) is 0.133. The minimum Gasteiger partial charge on any atom is -0.353 e. The molecule has 0 aliphatic carbocycles. The van der Waals surface area contributed by atoms with Crippen LogP contribution < -0.4 is 5.32 Å². The van der Waals surface area contributed by atoms with Gasteiger partial charge < -0.3 is 5.32 Å². The van der Waals surface area contributed by atoms with Crippen LogP contribution in [0.1, 0.15) is 6.92 Å². The van der Waals surface area contributed by atoms with Crippen molar-refractivity contribution in [3.05, 3.63) is 36.4 Å². The lowest BCUT2D eigenvalue weighted by atomic mass is 10.1. The van der Waals surface area contributed by atoms with E-state index in [1.807, 2.05) is 0 Å². The fourth-order valence-corrected chi connectivity index (χ4v) is 3.99. The predicted octanol–water partition coefficient (Wildman–Crippen LogP) is 4.25. The van der Waals surface area contributed by atoms with Gasteiger partial charge in [-0.05, 0) is 18.4 Å². The van der Waals surface area contributed by atoms with Crippen LogP contribution in [0, 0.1) is 12.3 Å². The van der Waals surface area contributed by atoms with Gasteiger partial charge in [-0.25, -0.2) is 0 Å². The Hall–Kier alpha value is -1.24. The molecule has 2 aromatic rings.